The van der Waals surface area contributed by atoms with Gasteiger partial charge in [0.2, 0.25) is 0 Å². The molecule has 0 fully saturated rings. The lowest BCUT2D eigenvalue weighted by atomic mass is 9.94. The van der Waals surface area contributed by atoms with E-state index in [0.29, 0.717) is 0 Å². The van der Waals surface area contributed by atoms with E-state index in [4.69, 9.17) is 4.74 Å². The molecule has 0 aliphatic heterocycles. The number of anilines is 1. The Kier molecular flexibility index (Phi) is 4.80. The molecule has 0 unspecified atom stereocenters. The van der Waals surface area contributed by atoms with Crippen molar-refractivity contribution < 1.29 is 9.53 Å². The summed E-state index contributed by atoms with van der Waals surface area (Å²) in [7, 11) is 5.41. The van der Waals surface area contributed by atoms with Crippen molar-refractivity contribution in [2.24, 2.45) is 0 Å². The molecule has 0 bridgehead atoms. The van der Waals surface area contributed by atoms with Crippen LogP contribution in [-0.4, -0.2) is 32.2 Å². The quantitative estimate of drug-likeness (QED) is 0.531. The Morgan fingerprint density at radius 2 is 1.84 bits per heavy atom. The molecule has 0 radical (unpaired) electrons. The first kappa shape index (κ1) is 16.7. The smallest absolute Gasteiger partial charge is 0.330 e. The van der Waals surface area contributed by atoms with Gasteiger partial charge in [0, 0.05) is 43.8 Å². The number of fused-ring (bicyclic) bond motifs is 1. The van der Waals surface area contributed by atoms with Crippen LogP contribution in [0, 0.1) is 0 Å². The normalized spacial score (nSPS) is 11.0. The molecule has 0 saturated carbocycles. The van der Waals surface area contributed by atoms with E-state index in [1.165, 1.54) is 13.2 Å². The SMILES string of the molecule is COC(=O)/C=C/c1cccc2cccc(-c3cnccc3N(C)C)c12. The maximum absolute atomic E-state index is 11.5. The number of carbonyl (C=O) groups is 1. The predicted octanol–water partition coefficient (Wildman–Crippen LogP) is 4.15. The van der Waals surface area contributed by atoms with Crippen LogP contribution in [0.4, 0.5) is 5.69 Å². The second-order valence-electron chi connectivity index (χ2n) is 5.89. The van der Waals surface area contributed by atoms with E-state index < -0.39 is 0 Å². The van der Waals surface area contributed by atoms with E-state index >= 15 is 0 Å². The topological polar surface area (TPSA) is 42.4 Å². The number of pyridine rings is 1. The molecule has 4 heteroatoms. The van der Waals surface area contributed by atoms with Crippen molar-refractivity contribution in [1.82, 2.24) is 4.98 Å². The molecule has 0 spiro atoms. The molecule has 126 valence electrons. The van der Waals surface area contributed by atoms with E-state index in [1.54, 1.807) is 12.3 Å². The van der Waals surface area contributed by atoms with Crippen molar-refractivity contribution in [3.8, 4) is 11.1 Å². The third kappa shape index (κ3) is 3.38. The molecule has 4 nitrogen and oxygen atoms in total. The fourth-order valence-electron chi connectivity index (χ4n) is 2.94. The fraction of sp³-hybridized carbons (Fsp3) is 0.143. The largest absolute Gasteiger partial charge is 0.466 e. The van der Waals surface area contributed by atoms with Crippen LogP contribution in [0.15, 0.2) is 60.9 Å². The number of hydrogen-bond acceptors (Lipinski definition) is 4. The van der Waals surface area contributed by atoms with Gasteiger partial charge in [0.05, 0.1) is 7.11 Å². The Labute approximate surface area is 147 Å². The fourth-order valence-corrected chi connectivity index (χ4v) is 2.94. The van der Waals surface area contributed by atoms with E-state index in [-0.39, 0.29) is 5.97 Å². The number of rotatable bonds is 4. The molecule has 25 heavy (non-hydrogen) atoms. The Morgan fingerprint density at radius 1 is 1.08 bits per heavy atom. The van der Waals surface area contributed by atoms with Crippen molar-refractivity contribution >= 4 is 28.5 Å². The minimum atomic E-state index is -0.371. The third-order valence-corrected chi connectivity index (χ3v) is 4.11. The maximum atomic E-state index is 11.5. The lowest BCUT2D eigenvalue weighted by Crippen LogP contribution is -2.10. The van der Waals surface area contributed by atoms with Crippen LogP contribution in [0.2, 0.25) is 0 Å². The van der Waals surface area contributed by atoms with Gasteiger partial charge in [-0.15, -0.1) is 0 Å². The summed E-state index contributed by atoms with van der Waals surface area (Å²) < 4.78 is 4.71. The first-order valence-electron chi connectivity index (χ1n) is 8.01. The highest BCUT2D eigenvalue weighted by atomic mass is 16.5. The van der Waals surface area contributed by atoms with E-state index in [9.17, 15) is 4.79 Å². The summed E-state index contributed by atoms with van der Waals surface area (Å²) in [5.74, 6) is -0.371. The summed E-state index contributed by atoms with van der Waals surface area (Å²) in [5.41, 5.74) is 4.19. The van der Waals surface area contributed by atoms with Gasteiger partial charge in [-0.1, -0.05) is 36.4 Å². The molecule has 0 amide bonds. The number of hydrogen-bond donors (Lipinski definition) is 0. The van der Waals surface area contributed by atoms with E-state index in [1.807, 2.05) is 44.6 Å². The molecule has 0 N–H and O–H groups in total. The summed E-state index contributed by atoms with van der Waals surface area (Å²) in [6.45, 7) is 0. The Bertz CT molecular complexity index is 940. The van der Waals surface area contributed by atoms with Gasteiger partial charge in [0.25, 0.3) is 0 Å². The predicted molar refractivity (Wildman–Crippen MR) is 103 cm³/mol. The van der Waals surface area contributed by atoms with Gasteiger partial charge in [-0.05, 0) is 34.0 Å². The average Bonchev–Trinajstić information content (AvgIpc) is 2.65. The Balaban J connectivity index is 2.27. The van der Waals surface area contributed by atoms with Crippen molar-refractivity contribution in [1.29, 1.82) is 0 Å². The molecule has 0 aliphatic rings. The standard InChI is InChI=1S/C21H20N2O2/c1-23(2)19-12-13-22-14-18(19)17-9-5-8-15-6-4-7-16(21(15)17)10-11-20(24)25-3/h4-14H,1-3H3/b11-10+. The molecule has 3 rings (SSSR count). The average molecular weight is 332 g/mol. The third-order valence-electron chi connectivity index (χ3n) is 4.11. The van der Waals surface area contributed by atoms with Crippen LogP contribution in [0.3, 0.4) is 0 Å². The number of ether oxygens (including phenoxy) is 1. The Hall–Kier alpha value is -3.14. The zero-order chi connectivity index (χ0) is 17.8. The summed E-state index contributed by atoms with van der Waals surface area (Å²) in [5, 5.41) is 2.19. The van der Waals surface area contributed by atoms with Crippen molar-refractivity contribution in [2.75, 3.05) is 26.1 Å². The molecule has 1 aromatic heterocycles. The highest BCUT2D eigenvalue weighted by molar-refractivity contribution is 6.05. The summed E-state index contributed by atoms with van der Waals surface area (Å²) in [6, 6.07) is 14.2. The molecule has 2 aromatic carbocycles. The second kappa shape index (κ2) is 7.18. The van der Waals surface area contributed by atoms with Gasteiger partial charge in [0.1, 0.15) is 0 Å². The first-order chi connectivity index (χ1) is 12.1. The maximum Gasteiger partial charge on any atom is 0.330 e. The highest BCUT2D eigenvalue weighted by Crippen LogP contribution is 2.36. The molecule has 0 aliphatic carbocycles. The van der Waals surface area contributed by atoms with Gasteiger partial charge >= 0.3 is 5.97 Å². The summed E-state index contributed by atoms with van der Waals surface area (Å²) in [4.78, 5) is 17.9. The minimum Gasteiger partial charge on any atom is -0.466 e. The van der Waals surface area contributed by atoms with Gasteiger partial charge in [-0.3, -0.25) is 4.98 Å². The molecule has 3 aromatic rings. The first-order valence-corrected chi connectivity index (χ1v) is 8.01. The van der Waals surface area contributed by atoms with E-state index in [0.717, 1.165) is 33.2 Å². The zero-order valence-electron chi connectivity index (χ0n) is 14.6. The molecule has 0 saturated heterocycles. The number of nitrogens with zero attached hydrogens (tertiary/aromatic N) is 2. The van der Waals surface area contributed by atoms with Crippen molar-refractivity contribution in [3.63, 3.8) is 0 Å². The van der Waals surface area contributed by atoms with Crippen molar-refractivity contribution in [3.05, 3.63) is 66.5 Å². The van der Waals surface area contributed by atoms with Gasteiger partial charge in [-0.25, -0.2) is 4.79 Å². The van der Waals surface area contributed by atoms with E-state index in [2.05, 4.69) is 28.1 Å². The number of esters is 1. The minimum absolute atomic E-state index is 0.371. The van der Waals surface area contributed by atoms with Crippen LogP contribution < -0.4 is 4.90 Å². The number of benzene rings is 2. The number of methoxy groups -OCH3 is 1. The van der Waals surface area contributed by atoms with Gasteiger partial charge < -0.3 is 9.64 Å². The Morgan fingerprint density at radius 3 is 2.56 bits per heavy atom. The summed E-state index contributed by atoms with van der Waals surface area (Å²) >= 11 is 0. The van der Waals surface area contributed by atoms with Crippen molar-refractivity contribution in [2.45, 2.75) is 0 Å². The number of carbonyl (C=O) groups excluding carboxylic acids is 1. The lowest BCUT2D eigenvalue weighted by molar-refractivity contribution is -0.134. The summed E-state index contributed by atoms with van der Waals surface area (Å²) in [6.07, 6.45) is 6.91. The zero-order valence-corrected chi connectivity index (χ0v) is 14.6. The molecular weight excluding hydrogens is 312 g/mol. The highest BCUT2D eigenvalue weighted by Gasteiger charge is 2.12. The monoisotopic (exact) mass is 332 g/mol. The van der Waals surface area contributed by atoms with Crippen LogP contribution in [-0.2, 0) is 9.53 Å². The van der Waals surface area contributed by atoms with Gasteiger partial charge in [0.15, 0.2) is 0 Å². The second-order valence-corrected chi connectivity index (χ2v) is 5.89. The molecule has 1 heterocycles. The lowest BCUT2D eigenvalue weighted by Gasteiger charge is -2.18. The van der Waals surface area contributed by atoms with Gasteiger partial charge in [-0.2, -0.15) is 0 Å². The number of aromatic nitrogens is 1. The van der Waals surface area contributed by atoms with Crippen LogP contribution >= 0.6 is 0 Å². The van der Waals surface area contributed by atoms with Crippen LogP contribution in [0.5, 0.6) is 0 Å². The van der Waals surface area contributed by atoms with Crippen LogP contribution in [0.1, 0.15) is 5.56 Å². The molecular formula is C21H20N2O2. The molecule has 0 atom stereocenters. The van der Waals surface area contributed by atoms with Crippen LogP contribution in [0.25, 0.3) is 28.0 Å².